The second kappa shape index (κ2) is 4.99. The van der Waals surface area contributed by atoms with Gasteiger partial charge in [0.1, 0.15) is 0 Å². The lowest BCUT2D eigenvalue weighted by Gasteiger charge is -2.27. The first-order chi connectivity index (χ1) is 8.50. The number of hydrogen-bond acceptors (Lipinski definition) is 3. The largest absolute Gasteiger partial charge is 0.376 e. The summed E-state index contributed by atoms with van der Waals surface area (Å²) >= 11 is 0. The Balaban J connectivity index is 2.12. The van der Waals surface area contributed by atoms with Crippen LogP contribution in [-0.2, 0) is 27.6 Å². The Hall–Kier alpha value is -0.910. The van der Waals surface area contributed by atoms with Gasteiger partial charge in [0.15, 0.2) is 0 Å². The summed E-state index contributed by atoms with van der Waals surface area (Å²) in [5.74, 6) is 0.0970. The molecular formula is C13H19NO3S. The molecule has 0 aromatic heterocycles. The predicted octanol–water partition coefficient (Wildman–Crippen LogP) is 1.11. The van der Waals surface area contributed by atoms with Crippen LogP contribution in [0.25, 0.3) is 0 Å². The van der Waals surface area contributed by atoms with E-state index in [1.807, 2.05) is 12.1 Å². The molecule has 100 valence electrons. The number of methoxy groups -OCH3 is 1. The third-order valence-electron chi connectivity index (χ3n) is 3.57. The van der Waals surface area contributed by atoms with Gasteiger partial charge in [-0.2, -0.15) is 0 Å². The Kier molecular flexibility index (Phi) is 3.75. The van der Waals surface area contributed by atoms with Crippen molar-refractivity contribution < 1.29 is 13.2 Å². The van der Waals surface area contributed by atoms with E-state index in [1.165, 1.54) is 11.1 Å². The molecule has 2 rings (SSSR count). The third-order valence-corrected chi connectivity index (χ3v) is 4.92. The molecule has 1 aliphatic carbocycles. The van der Waals surface area contributed by atoms with Crippen LogP contribution in [0.15, 0.2) is 24.3 Å². The highest BCUT2D eigenvalue weighted by Crippen LogP contribution is 2.32. The maximum Gasteiger partial charge on any atom is 0.211 e. The van der Waals surface area contributed by atoms with Crippen molar-refractivity contribution in [1.29, 1.82) is 0 Å². The Labute approximate surface area is 108 Å². The highest BCUT2D eigenvalue weighted by Gasteiger charge is 2.37. The average Bonchev–Trinajstić information content (AvgIpc) is 2.76. The van der Waals surface area contributed by atoms with E-state index >= 15 is 0 Å². The molecule has 0 saturated heterocycles. The zero-order valence-electron chi connectivity index (χ0n) is 10.8. The van der Waals surface area contributed by atoms with Crippen molar-refractivity contribution in [1.82, 2.24) is 4.72 Å². The highest BCUT2D eigenvalue weighted by atomic mass is 32.2. The summed E-state index contributed by atoms with van der Waals surface area (Å²) in [6.07, 6.45) is 1.51. The fraction of sp³-hybridized carbons (Fsp3) is 0.538. The lowest BCUT2D eigenvalue weighted by molar-refractivity contribution is 0.00379. The van der Waals surface area contributed by atoms with Crippen LogP contribution in [-0.4, -0.2) is 33.4 Å². The van der Waals surface area contributed by atoms with Crippen LogP contribution in [0.2, 0.25) is 0 Å². The number of nitrogens with one attached hydrogen (secondary N) is 1. The molecule has 5 heteroatoms. The first kappa shape index (κ1) is 13.5. The normalized spacial score (nSPS) is 17.7. The van der Waals surface area contributed by atoms with Gasteiger partial charge in [0.25, 0.3) is 0 Å². The minimum atomic E-state index is -3.17. The van der Waals surface area contributed by atoms with E-state index in [2.05, 4.69) is 16.9 Å². The number of rotatable bonds is 5. The van der Waals surface area contributed by atoms with E-state index in [0.29, 0.717) is 6.54 Å². The summed E-state index contributed by atoms with van der Waals surface area (Å²) in [6, 6.07) is 8.15. The third kappa shape index (κ3) is 2.74. The summed E-state index contributed by atoms with van der Waals surface area (Å²) in [5.41, 5.74) is 2.05. The Morgan fingerprint density at radius 1 is 1.28 bits per heavy atom. The van der Waals surface area contributed by atoms with Crippen LogP contribution < -0.4 is 4.72 Å². The molecule has 0 unspecified atom stereocenters. The zero-order chi connectivity index (χ0) is 13.2. The quantitative estimate of drug-likeness (QED) is 0.871. The standard InChI is InChI=1S/C13H19NO3S/c1-3-18(15,16)14-10-13(17-2)8-11-6-4-5-7-12(11)9-13/h4-7,14H,3,8-10H2,1-2H3. The molecule has 0 aliphatic heterocycles. The first-order valence-electron chi connectivity index (χ1n) is 6.09. The molecule has 18 heavy (non-hydrogen) atoms. The van der Waals surface area contributed by atoms with Gasteiger partial charge in [-0.05, 0) is 18.1 Å². The van der Waals surface area contributed by atoms with E-state index in [4.69, 9.17) is 4.74 Å². The minimum Gasteiger partial charge on any atom is -0.376 e. The number of benzene rings is 1. The van der Waals surface area contributed by atoms with Gasteiger partial charge in [-0.1, -0.05) is 24.3 Å². The fourth-order valence-corrected chi connectivity index (χ4v) is 3.03. The van der Waals surface area contributed by atoms with Crippen LogP contribution >= 0.6 is 0 Å². The monoisotopic (exact) mass is 269 g/mol. The molecule has 1 N–H and O–H groups in total. The minimum absolute atomic E-state index is 0.0970. The van der Waals surface area contributed by atoms with Crippen LogP contribution in [0.4, 0.5) is 0 Å². The molecule has 1 aliphatic rings. The van der Waals surface area contributed by atoms with Crippen LogP contribution in [0.5, 0.6) is 0 Å². The molecule has 1 aromatic rings. The summed E-state index contributed by atoms with van der Waals surface area (Å²) in [5, 5.41) is 0. The summed E-state index contributed by atoms with van der Waals surface area (Å²) in [4.78, 5) is 0. The lowest BCUT2D eigenvalue weighted by Crippen LogP contribution is -2.45. The van der Waals surface area contributed by atoms with Crippen molar-refractivity contribution in [3.63, 3.8) is 0 Å². The van der Waals surface area contributed by atoms with E-state index in [9.17, 15) is 8.42 Å². The van der Waals surface area contributed by atoms with Crippen molar-refractivity contribution in [3.8, 4) is 0 Å². The maximum atomic E-state index is 11.5. The van der Waals surface area contributed by atoms with E-state index in [1.54, 1.807) is 14.0 Å². The summed E-state index contributed by atoms with van der Waals surface area (Å²) in [6.45, 7) is 1.96. The van der Waals surface area contributed by atoms with Gasteiger partial charge in [-0.3, -0.25) is 0 Å². The van der Waals surface area contributed by atoms with Crippen molar-refractivity contribution >= 4 is 10.0 Å². The SMILES string of the molecule is CCS(=O)(=O)NCC1(OC)Cc2ccccc2C1. The molecule has 0 radical (unpaired) electrons. The number of hydrogen-bond donors (Lipinski definition) is 1. The van der Waals surface area contributed by atoms with E-state index in [0.717, 1.165) is 12.8 Å². The second-order valence-corrected chi connectivity index (χ2v) is 6.83. The van der Waals surface area contributed by atoms with Crippen LogP contribution in [0.3, 0.4) is 0 Å². The van der Waals surface area contributed by atoms with Gasteiger partial charge in [0.05, 0.1) is 11.4 Å². The number of sulfonamides is 1. The first-order valence-corrected chi connectivity index (χ1v) is 7.75. The fourth-order valence-electron chi connectivity index (χ4n) is 2.34. The number of fused-ring (bicyclic) bond motifs is 1. The van der Waals surface area contributed by atoms with Gasteiger partial charge in [0.2, 0.25) is 10.0 Å². The zero-order valence-corrected chi connectivity index (χ0v) is 11.6. The van der Waals surface area contributed by atoms with Crippen LogP contribution in [0.1, 0.15) is 18.1 Å². The van der Waals surface area contributed by atoms with Crippen LogP contribution in [0, 0.1) is 0 Å². The smallest absolute Gasteiger partial charge is 0.211 e. The van der Waals surface area contributed by atoms with Crippen molar-refractivity contribution in [2.24, 2.45) is 0 Å². The van der Waals surface area contributed by atoms with Gasteiger partial charge in [-0.15, -0.1) is 0 Å². The Morgan fingerprint density at radius 3 is 2.28 bits per heavy atom. The molecule has 0 atom stereocenters. The molecular weight excluding hydrogens is 250 g/mol. The topological polar surface area (TPSA) is 55.4 Å². The van der Waals surface area contributed by atoms with Gasteiger partial charge >= 0.3 is 0 Å². The molecule has 0 saturated carbocycles. The molecule has 0 bridgehead atoms. The van der Waals surface area contributed by atoms with Gasteiger partial charge in [-0.25, -0.2) is 13.1 Å². The summed E-state index contributed by atoms with van der Waals surface area (Å²) in [7, 11) is -1.53. The van der Waals surface area contributed by atoms with Crippen molar-refractivity contribution in [2.75, 3.05) is 19.4 Å². The molecule has 0 amide bonds. The lowest BCUT2D eigenvalue weighted by atomic mass is 10.0. The van der Waals surface area contributed by atoms with Gasteiger partial charge < -0.3 is 4.74 Å². The number of ether oxygens (including phenoxy) is 1. The molecule has 4 nitrogen and oxygen atoms in total. The highest BCUT2D eigenvalue weighted by molar-refractivity contribution is 7.89. The average molecular weight is 269 g/mol. The Morgan fingerprint density at radius 2 is 1.83 bits per heavy atom. The molecule has 0 spiro atoms. The van der Waals surface area contributed by atoms with Gasteiger partial charge in [0, 0.05) is 26.5 Å². The maximum absolute atomic E-state index is 11.5. The van der Waals surface area contributed by atoms with Crippen molar-refractivity contribution in [3.05, 3.63) is 35.4 Å². The Bertz CT molecular complexity index is 500. The predicted molar refractivity (Wildman–Crippen MR) is 71.1 cm³/mol. The molecule has 0 fully saturated rings. The second-order valence-electron chi connectivity index (χ2n) is 4.73. The van der Waals surface area contributed by atoms with E-state index < -0.39 is 15.6 Å². The molecule has 0 heterocycles. The molecule has 1 aromatic carbocycles. The van der Waals surface area contributed by atoms with Crippen molar-refractivity contribution in [2.45, 2.75) is 25.4 Å². The summed E-state index contributed by atoms with van der Waals surface area (Å²) < 4.78 is 31.3. The van der Waals surface area contributed by atoms with E-state index in [-0.39, 0.29) is 5.75 Å².